The van der Waals surface area contributed by atoms with E-state index in [9.17, 15) is 4.79 Å². The molecule has 0 saturated heterocycles. The predicted molar refractivity (Wildman–Crippen MR) is 64.6 cm³/mol. The highest BCUT2D eigenvalue weighted by atomic mass is 127. The molecule has 2 aromatic rings. The van der Waals surface area contributed by atoms with Gasteiger partial charge < -0.3 is 0 Å². The number of hydrogen-bond donors (Lipinski definition) is 0. The molecule has 15 heavy (non-hydrogen) atoms. The Labute approximate surface area is 100 Å². The Kier molecular flexibility index (Phi) is 3.10. The minimum absolute atomic E-state index is 0.0117. The highest BCUT2D eigenvalue weighted by Gasteiger charge is 2.00. The van der Waals surface area contributed by atoms with E-state index in [2.05, 4.69) is 9.97 Å². The van der Waals surface area contributed by atoms with Gasteiger partial charge in [-0.2, -0.15) is 0 Å². The molecule has 0 unspecified atom stereocenters. The van der Waals surface area contributed by atoms with Gasteiger partial charge in [-0.15, -0.1) is 0 Å². The van der Waals surface area contributed by atoms with Crippen LogP contribution in [0.3, 0.4) is 0 Å². The molecule has 4 nitrogen and oxygen atoms in total. The van der Waals surface area contributed by atoms with E-state index in [-0.39, 0.29) is 5.56 Å². The molecule has 2 aromatic heterocycles. The van der Waals surface area contributed by atoms with Crippen molar-refractivity contribution in [3.05, 3.63) is 56.5 Å². The second-order valence-electron chi connectivity index (χ2n) is 3.03. The summed E-state index contributed by atoms with van der Waals surface area (Å²) in [6.07, 6.45) is 6.53. The van der Waals surface area contributed by atoms with Crippen LogP contribution >= 0.6 is 22.6 Å². The van der Waals surface area contributed by atoms with Crippen molar-refractivity contribution in [2.45, 2.75) is 6.54 Å². The largest absolute Gasteiger partial charge is 0.294 e. The number of aromatic nitrogens is 3. The summed E-state index contributed by atoms with van der Waals surface area (Å²) in [7, 11) is 0. The van der Waals surface area contributed by atoms with Crippen molar-refractivity contribution in [1.82, 2.24) is 14.5 Å². The van der Waals surface area contributed by atoms with Crippen LogP contribution in [0.1, 0.15) is 5.56 Å². The molecule has 0 aromatic carbocycles. The number of rotatable bonds is 2. The normalized spacial score (nSPS) is 10.2. The van der Waals surface area contributed by atoms with Crippen LogP contribution < -0.4 is 5.56 Å². The van der Waals surface area contributed by atoms with E-state index in [1.165, 1.54) is 0 Å². The summed E-state index contributed by atoms with van der Waals surface area (Å²) in [6, 6.07) is 3.76. The average molecular weight is 313 g/mol. The van der Waals surface area contributed by atoms with E-state index in [1.807, 2.05) is 34.7 Å². The molecular formula is C10H8IN3O. The summed E-state index contributed by atoms with van der Waals surface area (Å²) in [5, 5.41) is 0. The molecule has 0 amide bonds. The fraction of sp³-hybridized carbons (Fsp3) is 0.100. The van der Waals surface area contributed by atoms with Gasteiger partial charge in [-0.1, -0.05) is 0 Å². The summed E-state index contributed by atoms with van der Waals surface area (Å²) in [5.41, 5.74) is 1.03. The molecule has 0 spiro atoms. The third-order valence-electron chi connectivity index (χ3n) is 1.96. The fourth-order valence-electron chi connectivity index (χ4n) is 1.22. The smallest absolute Gasteiger partial charge is 0.267 e. The van der Waals surface area contributed by atoms with E-state index in [0.29, 0.717) is 10.1 Å². The number of nitrogens with zero attached hydrogens (tertiary/aromatic N) is 3. The molecule has 0 fully saturated rings. The molecule has 0 atom stereocenters. The van der Waals surface area contributed by atoms with Gasteiger partial charge in [0.05, 0.1) is 16.4 Å². The van der Waals surface area contributed by atoms with Gasteiger partial charge in [0.25, 0.3) is 5.56 Å². The molecule has 0 saturated carbocycles. The first kappa shape index (κ1) is 10.3. The van der Waals surface area contributed by atoms with Crippen LogP contribution in [0.15, 0.2) is 41.8 Å². The highest BCUT2D eigenvalue weighted by Crippen LogP contribution is 1.99. The lowest BCUT2D eigenvalue weighted by atomic mass is 10.3. The maximum Gasteiger partial charge on any atom is 0.267 e. The Bertz CT molecular complexity index is 510. The third kappa shape index (κ3) is 2.41. The van der Waals surface area contributed by atoms with Gasteiger partial charge in [0.1, 0.15) is 0 Å². The zero-order valence-electron chi connectivity index (χ0n) is 7.80. The fourth-order valence-corrected chi connectivity index (χ4v) is 1.69. The SMILES string of the molecule is O=c1c(I)cncn1Cc1ccncc1. The van der Waals surface area contributed by atoms with Gasteiger partial charge >= 0.3 is 0 Å². The minimum atomic E-state index is -0.0117. The predicted octanol–water partition coefficient (Wildman–Crippen LogP) is 1.29. The van der Waals surface area contributed by atoms with Gasteiger partial charge in [-0.25, -0.2) is 4.98 Å². The molecule has 0 radical (unpaired) electrons. The summed E-state index contributed by atoms with van der Waals surface area (Å²) in [6.45, 7) is 0.533. The molecule has 0 aliphatic rings. The van der Waals surface area contributed by atoms with Gasteiger partial charge in [0.15, 0.2) is 0 Å². The lowest BCUT2D eigenvalue weighted by Crippen LogP contribution is -2.22. The molecule has 5 heteroatoms. The monoisotopic (exact) mass is 313 g/mol. The first-order valence-corrected chi connectivity index (χ1v) is 5.44. The molecule has 0 bridgehead atoms. The molecule has 2 rings (SSSR count). The number of halogens is 1. The van der Waals surface area contributed by atoms with Gasteiger partial charge in [0.2, 0.25) is 0 Å². The van der Waals surface area contributed by atoms with Crippen LogP contribution in [0.25, 0.3) is 0 Å². The molecule has 76 valence electrons. The van der Waals surface area contributed by atoms with Crippen LogP contribution in [0.2, 0.25) is 0 Å². The first-order valence-electron chi connectivity index (χ1n) is 4.36. The van der Waals surface area contributed by atoms with E-state index < -0.39 is 0 Å². The standard InChI is InChI=1S/C10H8IN3O/c11-9-5-13-7-14(10(9)15)6-8-1-3-12-4-2-8/h1-5,7H,6H2. The molecular weight excluding hydrogens is 305 g/mol. The molecule has 2 heterocycles. The van der Waals surface area contributed by atoms with Crippen LogP contribution in [0.5, 0.6) is 0 Å². The molecule has 0 N–H and O–H groups in total. The Morgan fingerprint density at radius 2 is 2.00 bits per heavy atom. The van der Waals surface area contributed by atoms with Gasteiger partial charge in [-0.3, -0.25) is 14.3 Å². The second kappa shape index (κ2) is 4.52. The second-order valence-corrected chi connectivity index (χ2v) is 4.19. The molecule has 0 aliphatic carbocycles. The maximum absolute atomic E-state index is 11.7. The Morgan fingerprint density at radius 1 is 1.27 bits per heavy atom. The van der Waals surface area contributed by atoms with Crippen molar-refractivity contribution in [2.24, 2.45) is 0 Å². The zero-order chi connectivity index (χ0) is 10.7. The number of hydrogen-bond acceptors (Lipinski definition) is 3. The van der Waals surface area contributed by atoms with Crippen LogP contribution in [0, 0.1) is 3.57 Å². The van der Waals surface area contributed by atoms with Crippen molar-refractivity contribution in [3.8, 4) is 0 Å². The van der Waals surface area contributed by atoms with Crippen molar-refractivity contribution in [1.29, 1.82) is 0 Å². The summed E-state index contributed by atoms with van der Waals surface area (Å²) in [5.74, 6) is 0. The van der Waals surface area contributed by atoms with Crippen molar-refractivity contribution >= 4 is 22.6 Å². The van der Waals surface area contributed by atoms with Crippen LogP contribution in [-0.2, 0) is 6.54 Å². The molecule has 0 aliphatic heterocycles. The van der Waals surface area contributed by atoms with Crippen molar-refractivity contribution in [3.63, 3.8) is 0 Å². The topological polar surface area (TPSA) is 47.8 Å². The first-order chi connectivity index (χ1) is 7.27. The Hall–Kier alpha value is -1.24. The van der Waals surface area contributed by atoms with Crippen molar-refractivity contribution < 1.29 is 0 Å². The number of pyridine rings is 1. The summed E-state index contributed by atoms with van der Waals surface area (Å²) < 4.78 is 2.21. The Morgan fingerprint density at radius 3 is 2.73 bits per heavy atom. The average Bonchev–Trinajstić information content (AvgIpc) is 2.26. The van der Waals surface area contributed by atoms with Gasteiger partial charge in [-0.05, 0) is 40.3 Å². The summed E-state index contributed by atoms with van der Waals surface area (Å²) in [4.78, 5) is 19.6. The Balaban J connectivity index is 2.33. The lowest BCUT2D eigenvalue weighted by Gasteiger charge is -2.04. The minimum Gasteiger partial charge on any atom is -0.294 e. The van der Waals surface area contributed by atoms with Crippen molar-refractivity contribution in [2.75, 3.05) is 0 Å². The van der Waals surface area contributed by atoms with Gasteiger partial charge in [0, 0.05) is 18.6 Å². The van der Waals surface area contributed by atoms with Crippen LogP contribution in [0.4, 0.5) is 0 Å². The third-order valence-corrected chi connectivity index (χ3v) is 2.70. The van der Waals surface area contributed by atoms with E-state index in [1.54, 1.807) is 29.5 Å². The zero-order valence-corrected chi connectivity index (χ0v) is 9.96. The van der Waals surface area contributed by atoms with E-state index in [0.717, 1.165) is 5.56 Å². The highest BCUT2D eigenvalue weighted by molar-refractivity contribution is 14.1. The van der Waals surface area contributed by atoms with Crippen LogP contribution in [-0.4, -0.2) is 14.5 Å². The maximum atomic E-state index is 11.7. The van der Waals surface area contributed by atoms with E-state index in [4.69, 9.17) is 0 Å². The quantitative estimate of drug-likeness (QED) is 0.785. The lowest BCUT2D eigenvalue weighted by molar-refractivity contribution is 0.729. The van der Waals surface area contributed by atoms with E-state index >= 15 is 0 Å². The summed E-state index contributed by atoms with van der Waals surface area (Å²) >= 11 is 1.98.